The van der Waals surface area contributed by atoms with Crippen LogP contribution in [0.3, 0.4) is 0 Å². The number of ether oxygens (including phenoxy) is 9. The average molecular weight is 1010 g/mol. The average Bonchev–Trinajstić information content (AvgIpc) is 4.17. The highest BCUT2D eigenvalue weighted by Gasteiger charge is 2.40. The second-order valence-corrected chi connectivity index (χ2v) is 19.5. The lowest BCUT2D eigenvalue weighted by Crippen LogP contribution is -2.51. The van der Waals surface area contributed by atoms with E-state index in [9.17, 15) is 19.8 Å². The number of hydrogen-bond acceptors (Lipinski definition) is 15. The predicted octanol–water partition coefficient (Wildman–Crippen LogP) is 7.54. The number of fused-ring (bicyclic) bond motifs is 1. The van der Waals surface area contributed by atoms with Gasteiger partial charge in [-0.05, 0) is 133 Å². The number of allylic oxidation sites excluding steroid dienone is 2. The summed E-state index contributed by atoms with van der Waals surface area (Å²) in [6.07, 6.45) is 20.2. The molecule has 10 atom stereocenters. The number of carbonyl (C=O) groups is 2. The predicted molar refractivity (Wildman–Crippen MR) is 278 cm³/mol. The number of Topliss-reactive ketones (excluding diaryl/α,β-unsaturated/α-hetero) is 1. The molecule has 0 bridgehead atoms. The minimum absolute atomic E-state index is 0.00772. The Labute approximate surface area is 428 Å². The van der Waals surface area contributed by atoms with Gasteiger partial charge in [0.25, 0.3) is 0 Å². The van der Waals surface area contributed by atoms with Gasteiger partial charge >= 0.3 is 6.09 Å². The van der Waals surface area contributed by atoms with Gasteiger partial charge in [-0.3, -0.25) is 4.79 Å². The summed E-state index contributed by atoms with van der Waals surface area (Å²) in [4.78, 5) is 25.9. The van der Waals surface area contributed by atoms with Gasteiger partial charge in [-0.25, -0.2) is 4.79 Å². The fourth-order valence-corrected chi connectivity index (χ4v) is 9.13. The molecule has 6 aliphatic heterocycles. The van der Waals surface area contributed by atoms with Crippen molar-refractivity contribution < 1.29 is 67.5 Å². The number of nitrogens with zero attached hydrogens (tertiary/aromatic N) is 1. The number of aliphatic hydroxyl groups excluding tert-OH is 3. The van der Waals surface area contributed by atoms with Crippen molar-refractivity contribution in [2.75, 3.05) is 106 Å². The second-order valence-electron chi connectivity index (χ2n) is 19.5. The summed E-state index contributed by atoms with van der Waals surface area (Å²) in [5, 5.41) is 29.0. The van der Waals surface area contributed by atoms with Crippen LogP contribution in [0.1, 0.15) is 137 Å². The topological polar surface area (TPSA) is 193 Å². The van der Waals surface area contributed by atoms with Gasteiger partial charge in [0.05, 0.1) is 76.3 Å². The molecule has 0 radical (unpaired) electrons. The van der Waals surface area contributed by atoms with Gasteiger partial charge in [-0.1, -0.05) is 46.1 Å². The van der Waals surface area contributed by atoms with E-state index in [-0.39, 0.29) is 42.4 Å². The lowest BCUT2D eigenvalue weighted by atomic mass is 9.91. The Balaban J connectivity index is 0.000000338. The summed E-state index contributed by atoms with van der Waals surface area (Å²) in [6.45, 7) is 25.2. The monoisotopic (exact) mass is 1010 g/mol. The number of rotatable bonds is 19. The van der Waals surface area contributed by atoms with E-state index in [0.29, 0.717) is 96.0 Å². The second kappa shape index (κ2) is 41.0. The molecule has 4 N–H and O–H groups in total. The molecular weight excluding hydrogens is 913 g/mol. The van der Waals surface area contributed by atoms with Crippen molar-refractivity contribution in [2.24, 2.45) is 11.8 Å². The first-order chi connectivity index (χ1) is 34.4. The van der Waals surface area contributed by atoms with Gasteiger partial charge in [0.1, 0.15) is 18.0 Å². The molecule has 10 unspecified atom stereocenters. The SMILES string of the molecule is C=C1COC(CCC2CCCO2)C1.C=C1COCCC1C.CC.CC(O)CN(C)CCOCCOCCNC(=O)OC1CC/C=C/CCC1.CO.O=C(CC1CCOC1)CC1CCC2OCCC(O)C2O1. The van der Waals surface area contributed by atoms with E-state index < -0.39 is 6.10 Å². The molecule has 0 aromatic heterocycles. The van der Waals surface area contributed by atoms with Gasteiger partial charge in [0, 0.05) is 72.6 Å². The van der Waals surface area contributed by atoms with Crippen LogP contribution in [0.4, 0.5) is 4.79 Å². The largest absolute Gasteiger partial charge is 0.446 e. The molecule has 0 aromatic carbocycles. The fraction of sp³-hybridized carbons (Fsp3) is 0.855. The molecular formula is C55H100N2O14. The highest BCUT2D eigenvalue weighted by molar-refractivity contribution is 5.79. The summed E-state index contributed by atoms with van der Waals surface area (Å²) in [6, 6.07) is 0. The third kappa shape index (κ3) is 30.6. The highest BCUT2D eigenvalue weighted by Crippen LogP contribution is 2.31. The Morgan fingerprint density at radius 3 is 2.21 bits per heavy atom. The zero-order valence-corrected chi connectivity index (χ0v) is 45.0. The number of amides is 1. The van der Waals surface area contributed by atoms with E-state index in [2.05, 4.69) is 37.6 Å². The summed E-state index contributed by atoms with van der Waals surface area (Å²) < 4.78 is 49.5. The molecule has 16 heteroatoms. The number of hydrogen-bond donors (Lipinski definition) is 4. The third-order valence-electron chi connectivity index (χ3n) is 13.2. The van der Waals surface area contributed by atoms with Crippen LogP contribution in [0.25, 0.3) is 0 Å². The lowest BCUT2D eigenvalue weighted by Gasteiger charge is -2.41. The maximum absolute atomic E-state index is 12.1. The Kier molecular flexibility index (Phi) is 37.4. The normalized spacial score (nSPS) is 29.0. The molecule has 6 heterocycles. The van der Waals surface area contributed by atoms with Crippen molar-refractivity contribution in [3.05, 3.63) is 36.5 Å². The van der Waals surface area contributed by atoms with Crippen LogP contribution in [0, 0.1) is 11.8 Å². The number of aliphatic hydroxyl groups is 3. The minimum Gasteiger partial charge on any atom is -0.446 e. The maximum atomic E-state index is 12.1. The van der Waals surface area contributed by atoms with E-state index in [1.54, 1.807) is 6.92 Å². The summed E-state index contributed by atoms with van der Waals surface area (Å²) in [5.41, 5.74) is 2.49. The zero-order valence-electron chi connectivity index (χ0n) is 45.0. The Bertz CT molecular complexity index is 1410. The fourth-order valence-electron chi connectivity index (χ4n) is 9.13. The maximum Gasteiger partial charge on any atom is 0.407 e. The standard InChI is InChI=1S/C19H36N2O5.C15H24O5.C11H18O2.C7H12O.C2H6.CH4O/c1-17(22)16-21(2)11-13-25-15-14-24-12-10-20-19(23)26-18-8-6-4-3-5-7-9-18;16-11(7-10-3-5-18-9-10)8-12-1-2-14-15(20-12)13(17)4-6-19-14;1-9-7-11(13-8-9)5-4-10-3-2-6-12-10;1-6-3-4-8-5-7(6)2;2*1-2/h3-4,17-18,22H,5-16H2,1-2H3,(H,20,23);10,12-15,17H,1-9H2;10-11H,1-8H2;6H,2-5H2,1H3;1-2H3;2H,1H3/b4-3+;;;;;. The summed E-state index contributed by atoms with van der Waals surface area (Å²) >= 11 is 0. The molecule has 71 heavy (non-hydrogen) atoms. The number of ketones is 1. The molecule has 6 saturated heterocycles. The molecule has 0 aromatic rings. The molecule has 1 amide bonds. The van der Waals surface area contributed by atoms with Gasteiger partial charge < -0.3 is 68.2 Å². The van der Waals surface area contributed by atoms with Crippen LogP contribution in [-0.4, -0.2) is 187 Å². The van der Waals surface area contributed by atoms with Crippen molar-refractivity contribution >= 4 is 11.9 Å². The van der Waals surface area contributed by atoms with Gasteiger partial charge in [-0.2, -0.15) is 0 Å². The van der Waals surface area contributed by atoms with Crippen molar-refractivity contribution in [3.8, 4) is 0 Å². The molecule has 7 aliphatic rings. The van der Waals surface area contributed by atoms with Gasteiger partial charge in [0.2, 0.25) is 0 Å². The summed E-state index contributed by atoms with van der Waals surface area (Å²) in [7, 11) is 2.95. The van der Waals surface area contributed by atoms with Crippen LogP contribution in [-0.2, 0) is 47.4 Å². The van der Waals surface area contributed by atoms with Crippen LogP contribution in [0.15, 0.2) is 36.5 Å². The molecule has 0 saturated carbocycles. The van der Waals surface area contributed by atoms with Crippen LogP contribution in [0.5, 0.6) is 0 Å². The third-order valence-corrected chi connectivity index (χ3v) is 13.2. The number of likely N-dealkylation sites (N-methyl/N-ethyl adjacent to an activating group) is 1. The Morgan fingerprint density at radius 2 is 1.55 bits per heavy atom. The minimum atomic E-state index is -0.449. The van der Waals surface area contributed by atoms with E-state index in [0.717, 1.165) is 124 Å². The van der Waals surface area contributed by atoms with Crippen LogP contribution < -0.4 is 5.32 Å². The van der Waals surface area contributed by atoms with Gasteiger partial charge in [0.15, 0.2) is 0 Å². The lowest BCUT2D eigenvalue weighted by molar-refractivity contribution is -0.206. The van der Waals surface area contributed by atoms with Gasteiger partial charge in [-0.15, -0.1) is 0 Å². The molecule has 16 nitrogen and oxygen atoms in total. The Hall–Kier alpha value is -2.32. The van der Waals surface area contributed by atoms with Crippen molar-refractivity contribution in [2.45, 2.75) is 186 Å². The van der Waals surface area contributed by atoms with Crippen LogP contribution in [0.2, 0.25) is 0 Å². The molecule has 414 valence electrons. The first-order valence-electron chi connectivity index (χ1n) is 27.2. The molecule has 6 fully saturated rings. The molecule has 7 rings (SSSR count). The van der Waals surface area contributed by atoms with E-state index in [1.165, 1.54) is 24.0 Å². The van der Waals surface area contributed by atoms with E-state index in [4.69, 9.17) is 47.7 Å². The van der Waals surface area contributed by atoms with E-state index >= 15 is 0 Å². The smallest absolute Gasteiger partial charge is 0.407 e. The first-order valence-corrected chi connectivity index (χ1v) is 27.2. The van der Waals surface area contributed by atoms with Crippen LogP contribution >= 0.6 is 0 Å². The van der Waals surface area contributed by atoms with Crippen molar-refractivity contribution in [1.29, 1.82) is 0 Å². The summed E-state index contributed by atoms with van der Waals surface area (Å²) in [5.74, 6) is 1.33. The van der Waals surface area contributed by atoms with Crippen molar-refractivity contribution in [1.82, 2.24) is 10.2 Å². The molecule has 0 spiro atoms. The van der Waals surface area contributed by atoms with Crippen molar-refractivity contribution in [3.63, 3.8) is 0 Å². The first kappa shape index (κ1) is 64.8. The Morgan fingerprint density at radius 1 is 0.803 bits per heavy atom. The molecule has 1 aliphatic carbocycles. The zero-order chi connectivity index (χ0) is 52.1. The quantitative estimate of drug-likeness (QED) is 0.0732. The highest BCUT2D eigenvalue weighted by atomic mass is 16.6. The number of alkyl carbamates (subject to hydrolysis) is 1. The number of carbonyl (C=O) groups excluding carboxylic acids is 2. The van der Waals surface area contributed by atoms with E-state index in [1.807, 2.05) is 25.8 Å². The number of nitrogens with one attached hydrogen (secondary N) is 1.